The maximum absolute atomic E-state index is 5.57. The number of oxazole rings is 1. The van der Waals surface area contributed by atoms with E-state index in [0.29, 0.717) is 24.7 Å². The molecular formula is C11H10N2O3. The molecule has 5 heteroatoms. The van der Waals surface area contributed by atoms with Crippen LogP contribution in [0, 0.1) is 0 Å². The van der Waals surface area contributed by atoms with Crippen LogP contribution in [-0.2, 0) is 0 Å². The number of fused-ring (bicyclic) bond motifs is 1. The predicted octanol–water partition coefficient (Wildman–Crippen LogP) is 1.69. The van der Waals surface area contributed by atoms with Gasteiger partial charge in [0.25, 0.3) is 6.01 Å². The molecule has 5 nitrogen and oxygen atoms in total. The molecule has 0 saturated heterocycles. The molecule has 82 valence electrons. The molecular weight excluding hydrogens is 208 g/mol. The maximum Gasteiger partial charge on any atom is 0.292 e. The predicted molar refractivity (Wildman–Crippen MR) is 57.3 cm³/mol. The molecule has 0 unspecified atom stereocenters. The molecule has 3 rings (SSSR count). The Bertz CT molecular complexity index is 522. The molecule has 0 bridgehead atoms. The highest BCUT2D eigenvalue weighted by molar-refractivity contribution is 5.71. The number of ether oxygens (including phenoxy) is 2. The normalized spacial score (nSPS) is 13.8. The van der Waals surface area contributed by atoms with Gasteiger partial charge in [0.15, 0.2) is 11.5 Å². The zero-order valence-corrected chi connectivity index (χ0v) is 8.47. The minimum absolute atomic E-state index is 0.143. The van der Waals surface area contributed by atoms with E-state index in [4.69, 9.17) is 19.6 Å². The number of para-hydroxylation sites is 1. The van der Waals surface area contributed by atoms with Gasteiger partial charge in [0.05, 0.1) is 0 Å². The summed E-state index contributed by atoms with van der Waals surface area (Å²) >= 11 is 0. The zero-order chi connectivity index (χ0) is 11.0. The highest BCUT2D eigenvalue weighted by Gasteiger charge is 2.18. The number of hydrogen-bond donors (Lipinski definition) is 1. The molecule has 1 aromatic heterocycles. The van der Waals surface area contributed by atoms with Crippen LogP contribution in [0.25, 0.3) is 11.3 Å². The Morgan fingerprint density at radius 3 is 2.88 bits per heavy atom. The average molecular weight is 218 g/mol. The van der Waals surface area contributed by atoms with Crippen molar-refractivity contribution in [3.63, 3.8) is 0 Å². The van der Waals surface area contributed by atoms with E-state index in [-0.39, 0.29) is 6.01 Å². The van der Waals surface area contributed by atoms with Gasteiger partial charge < -0.3 is 19.6 Å². The summed E-state index contributed by atoms with van der Waals surface area (Å²) in [6, 6.07) is 5.78. The van der Waals surface area contributed by atoms with E-state index in [2.05, 4.69) is 4.98 Å². The van der Waals surface area contributed by atoms with Gasteiger partial charge in [0, 0.05) is 5.56 Å². The number of benzene rings is 1. The maximum atomic E-state index is 5.57. The van der Waals surface area contributed by atoms with E-state index in [1.165, 1.54) is 6.26 Å². The summed E-state index contributed by atoms with van der Waals surface area (Å²) < 4.78 is 16.0. The third-order valence-electron chi connectivity index (χ3n) is 2.36. The standard InChI is InChI=1S/C11H10N2O3/c12-11-13-8(6-16-11)7-2-1-3-9-10(7)15-5-4-14-9/h1-3,6H,4-5H2,(H2,12,13). The Labute approximate surface area is 91.8 Å². The van der Waals surface area contributed by atoms with Crippen molar-refractivity contribution in [2.24, 2.45) is 0 Å². The molecule has 0 radical (unpaired) electrons. The Hall–Kier alpha value is -2.17. The van der Waals surface area contributed by atoms with Gasteiger partial charge in [-0.15, -0.1) is 0 Å². The number of aromatic nitrogens is 1. The van der Waals surface area contributed by atoms with Crippen molar-refractivity contribution in [2.45, 2.75) is 0 Å². The molecule has 2 N–H and O–H groups in total. The van der Waals surface area contributed by atoms with Crippen LogP contribution in [0.2, 0.25) is 0 Å². The fraction of sp³-hybridized carbons (Fsp3) is 0.182. The lowest BCUT2D eigenvalue weighted by Gasteiger charge is -2.19. The summed E-state index contributed by atoms with van der Waals surface area (Å²) in [7, 11) is 0. The number of nitrogens with zero attached hydrogens (tertiary/aromatic N) is 1. The third-order valence-corrected chi connectivity index (χ3v) is 2.36. The van der Waals surface area contributed by atoms with Gasteiger partial charge in [0.1, 0.15) is 25.2 Å². The molecule has 0 saturated carbocycles. The smallest absolute Gasteiger partial charge is 0.292 e. The molecule has 0 amide bonds. The van der Waals surface area contributed by atoms with Gasteiger partial charge in [0.2, 0.25) is 0 Å². The molecule has 1 aliphatic rings. The van der Waals surface area contributed by atoms with E-state index in [1.807, 2.05) is 18.2 Å². The second-order valence-electron chi connectivity index (χ2n) is 3.40. The summed E-state index contributed by atoms with van der Waals surface area (Å²) in [5, 5.41) is 0. The SMILES string of the molecule is Nc1nc(-c2cccc3c2OCCO3)co1. The van der Waals surface area contributed by atoms with Crippen molar-refractivity contribution in [3.8, 4) is 22.8 Å². The van der Waals surface area contributed by atoms with Crippen LogP contribution in [0.1, 0.15) is 0 Å². The summed E-state index contributed by atoms with van der Waals surface area (Å²) in [4.78, 5) is 4.06. The van der Waals surface area contributed by atoms with Crippen LogP contribution in [0.4, 0.5) is 6.01 Å². The molecule has 0 aliphatic carbocycles. The van der Waals surface area contributed by atoms with Crippen LogP contribution in [0.3, 0.4) is 0 Å². The van der Waals surface area contributed by atoms with Gasteiger partial charge in [-0.25, -0.2) is 0 Å². The van der Waals surface area contributed by atoms with Crippen LogP contribution in [0.5, 0.6) is 11.5 Å². The van der Waals surface area contributed by atoms with Gasteiger partial charge >= 0.3 is 0 Å². The monoisotopic (exact) mass is 218 g/mol. The van der Waals surface area contributed by atoms with Gasteiger partial charge in [-0.1, -0.05) is 6.07 Å². The van der Waals surface area contributed by atoms with Gasteiger partial charge in [-0.05, 0) is 12.1 Å². The van der Waals surface area contributed by atoms with Crippen LogP contribution in [0.15, 0.2) is 28.9 Å². The van der Waals surface area contributed by atoms with Crippen LogP contribution < -0.4 is 15.2 Å². The fourth-order valence-electron chi connectivity index (χ4n) is 1.69. The lowest BCUT2D eigenvalue weighted by Crippen LogP contribution is -2.15. The first-order valence-electron chi connectivity index (χ1n) is 4.94. The van der Waals surface area contributed by atoms with Crippen molar-refractivity contribution in [1.29, 1.82) is 0 Å². The van der Waals surface area contributed by atoms with Gasteiger partial charge in [-0.3, -0.25) is 0 Å². The fourth-order valence-corrected chi connectivity index (χ4v) is 1.69. The minimum Gasteiger partial charge on any atom is -0.486 e. The second-order valence-corrected chi connectivity index (χ2v) is 3.40. The Morgan fingerprint density at radius 2 is 2.06 bits per heavy atom. The quantitative estimate of drug-likeness (QED) is 0.788. The molecule has 0 fully saturated rings. The van der Waals surface area contributed by atoms with Crippen molar-refractivity contribution in [1.82, 2.24) is 4.98 Å². The summed E-state index contributed by atoms with van der Waals surface area (Å²) in [6.45, 7) is 1.11. The van der Waals surface area contributed by atoms with Crippen LogP contribution >= 0.6 is 0 Å². The first-order chi connectivity index (χ1) is 7.84. The third kappa shape index (κ3) is 1.37. The number of nitrogens with two attached hydrogens (primary N) is 1. The largest absolute Gasteiger partial charge is 0.486 e. The second kappa shape index (κ2) is 3.44. The van der Waals surface area contributed by atoms with Crippen molar-refractivity contribution < 1.29 is 13.9 Å². The highest BCUT2D eigenvalue weighted by atomic mass is 16.6. The Morgan fingerprint density at radius 1 is 1.19 bits per heavy atom. The first kappa shape index (κ1) is 9.08. The van der Waals surface area contributed by atoms with Crippen LogP contribution in [-0.4, -0.2) is 18.2 Å². The zero-order valence-electron chi connectivity index (χ0n) is 8.47. The molecule has 1 aromatic carbocycles. The molecule has 0 spiro atoms. The summed E-state index contributed by atoms with van der Waals surface area (Å²) in [5.41, 5.74) is 6.93. The lowest BCUT2D eigenvalue weighted by atomic mass is 10.1. The summed E-state index contributed by atoms with van der Waals surface area (Å²) in [6.07, 6.45) is 1.50. The Kier molecular flexibility index (Phi) is 1.96. The molecule has 2 aromatic rings. The topological polar surface area (TPSA) is 70.5 Å². The number of nitrogen functional groups attached to an aromatic ring is 1. The van der Waals surface area contributed by atoms with E-state index in [9.17, 15) is 0 Å². The summed E-state index contributed by atoms with van der Waals surface area (Å²) in [5.74, 6) is 1.42. The van der Waals surface area contributed by atoms with E-state index in [0.717, 1.165) is 11.3 Å². The van der Waals surface area contributed by atoms with E-state index < -0.39 is 0 Å². The molecule has 2 heterocycles. The lowest BCUT2D eigenvalue weighted by molar-refractivity contribution is 0.172. The number of anilines is 1. The number of hydrogen-bond acceptors (Lipinski definition) is 5. The van der Waals surface area contributed by atoms with Crippen molar-refractivity contribution >= 4 is 6.01 Å². The first-order valence-corrected chi connectivity index (χ1v) is 4.94. The minimum atomic E-state index is 0.143. The highest BCUT2D eigenvalue weighted by Crippen LogP contribution is 2.39. The Balaban J connectivity index is 2.13. The van der Waals surface area contributed by atoms with Gasteiger partial charge in [-0.2, -0.15) is 4.98 Å². The van der Waals surface area contributed by atoms with E-state index in [1.54, 1.807) is 0 Å². The molecule has 16 heavy (non-hydrogen) atoms. The number of rotatable bonds is 1. The molecule has 0 atom stereocenters. The molecule has 1 aliphatic heterocycles. The average Bonchev–Trinajstić information content (AvgIpc) is 2.75. The van der Waals surface area contributed by atoms with Crippen molar-refractivity contribution in [2.75, 3.05) is 18.9 Å². The van der Waals surface area contributed by atoms with Crippen molar-refractivity contribution in [3.05, 3.63) is 24.5 Å². The van der Waals surface area contributed by atoms with E-state index >= 15 is 0 Å².